The zero-order valence-corrected chi connectivity index (χ0v) is 12.9. The summed E-state index contributed by atoms with van der Waals surface area (Å²) in [6.45, 7) is 8.22. The molecule has 0 aliphatic heterocycles. The number of thioether (sulfide) groups is 1. The fraction of sp³-hybridized carbons (Fsp3) is 0.643. The lowest BCUT2D eigenvalue weighted by Gasteiger charge is -2.16. The van der Waals surface area contributed by atoms with Crippen molar-refractivity contribution in [1.29, 1.82) is 0 Å². The van der Waals surface area contributed by atoms with Gasteiger partial charge in [0.25, 0.3) is 0 Å². The van der Waals surface area contributed by atoms with Crippen LogP contribution in [0.15, 0.2) is 17.8 Å². The maximum Gasteiger partial charge on any atom is 0.233 e. The van der Waals surface area contributed by atoms with Crippen molar-refractivity contribution in [3.63, 3.8) is 0 Å². The largest absolute Gasteiger partial charge is 0.352 e. The number of hydrogen-bond acceptors (Lipinski definition) is 4. The molecule has 1 aromatic heterocycles. The quantitative estimate of drug-likeness (QED) is 0.646. The van der Waals surface area contributed by atoms with Gasteiger partial charge in [0.2, 0.25) is 5.91 Å². The first-order valence-electron chi connectivity index (χ1n) is 7.09. The summed E-state index contributed by atoms with van der Waals surface area (Å²) in [6, 6.07) is 0.360. The number of amides is 1. The first kappa shape index (κ1) is 15.1. The van der Waals surface area contributed by atoms with E-state index in [9.17, 15) is 4.79 Å². The number of nitrogens with one attached hydrogen (secondary N) is 1. The normalized spacial score (nSPS) is 17.1. The Morgan fingerprint density at radius 2 is 2.25 bits per heavy atom. The summed E-state index contributed by atoms with van der Waals surface area (Å²) in [4.78, 5) is 12.2. The number of rotatable bonds is 6. The van der Waals surface area contributed by atoms with Crippen molar-refractivity contribution in [2.24, 2.45) is 0 Å². The van der Waals surface area contributed by atoms with Gasteiger partial charge >= 0.3 is 0 Å². The molecule has 0 spiro atoms. The van der Waals surface area contributed by atoms with Crippen molar-refractivity contribution in [1.82, 2.24) is 20.1 Å². The van der Waals surface area contributed by atoms with E-state index in [1.54, 1.807) is 0 Å². The molecule has 1 saturated carbocycles. The van der Waals surface area contributed by atoms with Gasteiger partial charge in [0.15, 0.2) is 5.16 Å². The zero-order valence-electron chi connectivity index (χ0n) is 12.1. The number of carbonyl (C=O) groups excluding carboxylic acids is 1. The molecule has 1 aliphatic carbocycles. The third-order valence-corrected chi connectivity index (χ3v) is 4.65. The standard InChI is InChI=1S/C14H22N4OS/c1-4-9-18-11(3)16-17-14(18)20-10(2)13(19)15-12-7-5-6-8-12/h4,10,12H,1,5-9H2,2-3H3,(H,15,19). The van der Waals surface area contributed by atoms with E-state index in [1.807, 2.05) is 24.5 Å². The van der Waals surface area contributed by atoms with Gasteiger partial charge in [0.05, 0.1) is 5.25 Å². The van der Waals surface area contributed by atoms with Gasteiger partial charge in [0.1, 0.15) is 5.82 Å². The second-order valence-electron chi connectivity index (χ2n) is 5.18. The maximum atomic E-state index is 12.2. The first-order valence-corrected chi connectivity index (χ1v) is 7.97. The zero-order chi connectivity index (χ0) is 14.5. The lowest BCUT2D eigenvalue weighted by Crippen LogP contribution is -2.37. The van der Waals surface area contributed by atoms with Gasteiger partial charge < -0.3 is 9.88 Å². The molecule has 0 bridgehead atoms. The molecule has 1 unspecified atom stereocenters. The predicted molar refractivity (Wildman–Crippen MR) is 80.7 cm³/mol. The van der Waals surface area contributed by atoms with Gasteiger partial charge in [-0.25, -0.2) is 0 Å². The van der Waals surface area contributed by atoms with E-state index in [2.05, 4.69) is 22.1 Å². The van der Waals surface area contributed by atoms with E-state index in [0.29, 0.717) is 12.6 Å². The third kappa shape index (κ3) is 3.62. The average molecular weight is 294 g/mol. The fourth-order valence-corrected chi connectivity index (χ4v) is 3.30. The van der Waals surface area contributed by atoms with Crippen LogP contribution in [0.3, 0.4) is 0 Å². The van der Waals surface area contributed by atoms with Gasteiger partial charge in [-0.3, -0.25) is 4.79 Å². The summed E-state index contributed by atoms with van der Waals surface area (Å²) >= 11 is 1.45. The first-order chi connectivity index (χ1) is 9.61. The molecule has 1 aromatic rings. The Balaban J connectivity index is 1.94. The van der Waals surface area contributed by atoms with Crippen molar-refractivity contribution in [3.8, 4) is 0 Å². The Morgan fingerprint density at radius 1 is 1.55 bits per heavy atom. The molecular formula is C14H22N4OS. The number of aryl methyl sites for hydroxylation is 1. The summed E-state index contributed by atoms with van der Waals surface area (Å²) in [6.07, 6.45) is 6.46. The Kier molecular flexibility index (Phi) is 5.23. The van der Waals surface area contributed by atoms with Crippen LogP contribution in [0.25, 0.3) is 0 Å². The van der Waals surface area contributed by atoms with Gasteiger partial charge in [0, 0.05) is 12.6 Å². The lowest BCUT2D eigenvalue weighted by atomic mass is 10.2. The second-order valence-corrected chi connectivity index (χ2v) is 6.49. The van der Waals surface area contributed by atoms with Crippen molar-refractivity contribution in [2.75, 3.05) is 0 Å². The smallest absolute Gasteiger partial charge is 0.233 e. The van der Waals surface area contributed by atoms with Crippen LogP contribution in [0.2, 0.25) is 0 Å². The van der Waals surface area contributed by atoms with Crippen LogP contribution in [-0.4, -0.2) is 32.0 Å². The van der Waals surface area contributed by atoms with Crippen LogP contribution in [0.5, 0.6) is 0 Å². The fourth-order valence-electron chi connectivity index (χ4n) is 2.39. The predicted octanol–water partition coefficient (Wildman–Crippen LogP) is 2.31. The molecule has 20 heavy (non-hydrogen) atoms. The highest BCUT2D eigenvalue weighted by Gasteiger charge is 2.23. The molecule has 0 radical (unpaired) electrons. The van der Waals surface area contributed by atoms with Crippen LogP contribution in [0, 0.1) is 6.92 Å². The molecule has 1 amide bonds. The summed E-state index contributed by atoms with van der Waals surface area (Å²) in [5.74, 6) is 0.934. The van der Waals surface area contributed by atoms with Crippen LogP contribution in [0.1, 0.15) is 38.4 Å². The number of nitrogens with zero attached hydrogens (tertiary/aromatic N) is 3. The summed E-state index contributed by atoms with van der Waals surface area (Å²) < 4.78 is 1.97. The molecular weight excluding hydrogens is 272 g/mol. The summed E-state index contributed by atoms with van der Waals surface area (Å²) in [5.41, 5.74) is 0. The van der Waals surface area contributed by atoms with Gasteiger partial charge in [-0.05, 0) is 26.7 Å². The highest BCUT2D eigenvalue weighted by Crippen LogP contribution is 2.24. The minimum atomic E-state index is -0.164. The Hall–Kier alpha value is -1.30. The minimum Gasteiger partial charge on any atom is -0.352 e. The maximum absolute atomic E-state index is 12.2. The van der Waals surface area contributed by atoms with Crippen molar-refractivity contribution in [3.05, 3.63) is 18.5 Å². The Labute approximate surface area is 124 Å². The molecule has 1 fully saturated rings. The van der Waals surface area contributed by atoms with Crippen LogP contribution >= 0.6 is 11.8 Å². The lowest BCUT2D eigenvalue weighted by molar-refractivity contribution is -0.120. The van der Waals surface area contributed by atoms with Crippen molar-refractivity contribution < 1.29 is 4.79 Å². The van der Waals surface area contributed by atoms with E-state index < -0.39 is 0 Å². The Bertz CT molecular complexity index is 480. The van der Waals surface area contributed by atoms with E-state index >= 15 is 0 Å². The van der Waals surface area contributed by atoms with Gasteiger partial charge in [-0.15, -0.1) is 16.8 Å². The summed E-state index contributed by atoms with van der Waals surface area (Å²) in [7, 11) is 0. The SMILES string of the molecule is C=CCn1c(C)nnc1SC(C)C(=O)NC1CCCC1. The average Bonchev–Trinajstić information content (AvgIpc) is 3.03. The van der Waals surface area contributed by atoms with Crippen molar-refractivity contribution in [2.45, 2.75) is 62.5 Å². The topological polar surface area (TPSA) is 59.8 Å². The van der Waals surface area contributed by atoms with Gasteiger partial charge in [-0.2, -0.15) is 0 Å². The van der Waals surface area contributed by atoms with Crippen LogP contribution in [0.4, 0.5) is 0 Å². The van der Waals surface area contributed by atoms with E-state index in [0.717, 1.165) is 23.8 Å². The monoisotopic (exact) mass is 294 g/mol. The Morgan fingerprint density at radius 3 is 2.90 bits per heavy atom. The molecule has 110 valence electrons. The minimum absolute atomic E-state index is 0.0905. The van der Waals surface area contributed by atoms with Crippen LogP contribution < -0.4 is 5.32 Å². The second kappa shape index (κ2) is 6.92. The van der Waals surface area contributed by atoms with E-state index in [-0.39, 0.29) is 11.2 Å². The van der Waals surface area contributed by atoms with E-state index in [4.69, 9.17) is 0 Å². The van der Waals surface area contributed by atoms with E-state index in [1.165, 1.54) is 24.6 Å². The molecule has 1 N–H and O–H groups in total. The molecule has 2 rings (SSSR count). The molecule has 1 heterocycles. The molecule has 1 atom stereocenters. The van der Waals surface area contributed by atoms with Crippen LogP contribution in [-0.2, 0) is 11.3 Å². The number of carbonyl (C=O) groups is 1. The van der Waals surface area contributed by atoms with Crippen molar-refractivity contribution >= 4 is 17.7 Å². The number of allylic oxidation sites excluding steroid dienone is 1. The summed E-state index contributed by atoms with van der Waals surface area (Å²) in [5, 5.41) is 11.9. The molecule has 1 aliphatic rings. The molecule has 5 nitrogen and oxygen atoms in total. The highest BCUT2D eigenvalue weighted by molar-refractivity contribution is 8.00. The highest BCUT2D eigenvalue weighted by atomic mass is 32.2. The number of aromatic nitrogens is 3. The molecule has 0 aromatic carbocycles. The van der Waals surface area contributed by atoms with Gasteiger partial charge in [-0.1, -0.05) is 30.7 Å². The molecule has 0 saturated heterocycles. The molecule has 6 heteroatoms. The third-order valence-electron chi connectivity index (χ3n) is 3.57. The number of hydrogen-bond donors (Lipinski definition) is 1.